The molecule has 1 aliphatic rings. The minimum atomic E-state index is -0.689. The zero-order valence-corrected chi connectivity index (χ0v) is 15.6. The zero-order chi connectivity index (χ0) is 18.5. The number of nitrogens with one attached hydrogen (secondary N) is 2. The van der Waals surface area contributed by atoms with Gasteiger partial charge in [-0.2, -0.15) is 0 Å². The van der Waals surface area contributed by atoms with Gasteiger partial charge in [-0.25, -0.2) is 4.39 Å². The van der Waals surface area contributed by atoms with Crippen LogP contribution >= 0.6 is 15.9 Å². The molecule has 1 atom stereocenters. The first-order valence-electron chi connectivity index (χ1n) is 8.40. The fourth-order valence-corrected chi connectivity index (χ4v) is 3.52. The van der Waals surface area contributed by atoms with E-state index in [2.05, 4.69) is 31.7 Å². The third-order valence-electron chi connectivity index (χ3n) is 4.34. The predicted octanol–water partition coefficient (Wildman–Crippen LogP) is 3.19. The van der Waals surface area contributed by atoms with Crippen LogP contribution in [0.1, 0.15) is 34.8 Å². The molecule has 0 aromatic heterocycles. The molecule has 1 heterocycles. The topological polar surface area (TPSA) is 61.4 Å². The Morgan fingerprint density at radius 1 is 1.04 bits per heavy atom. The molecule has 2 N–H and O–H groups in total. The number of hydrogen-bond acceptors (Lipinski definition) is 3. The molecule has 1 fully saturated rings. The molecule has 0 spiro atoms. The van der Waals surface area contributed by atoms with Crippen molar-refractivity contribution in [2.24, 2.45) is 0 Å². The first-order chi connectivity index (χ1) is 12.6. The molecule has 0 bridgehead atoms. The summed E-state index contributed by atoms with van der Waals surface area (Å²) in [7, 11) is 0. The van der Waals surface area contributed by atoms with Gasteiger partial charge >= 0.3 is 0 Å². The number of rotatable bonds is 4. The molecule has 5 nitrogen and oxygen atoms in total. The quantitative estimate of drug-likeness (QED) is 0.748. The van der Waals surface area contributed by atoms with Crippen molar-refractivity contribution in [3.8, 4) is 0 Å². The molecule has 7 heteroatoms. The first-order valence-corrected chi connectivity index (χ1v) is 9.20. The maximum Gasteiger partial charge on any atom is 0.272 e. The molecule has 26 heavy (non-hydrogen) atoms. The average molecular weight is 420 g/mol. The molecule has 0 saturated carbocycles. The number of halogens is 2. The van der Waals surface area contributed by atoms with Gasteiger partial charge in [0.25, 0.3) is 11.8 Å². The van der Waals surface area contributed by atoms with E-state index in [1.807, 2.05) is 24.3 Å². The molecule has 3 rings (SSSR count). The van der Waals surface area contributed by atoms with Gasteiger partial charge in [-0.3, -0.25) is 25.3 Å². The number of carbonyl (C=O) groups is 2. The summed E-state index contributed by atoms with van der Waals surface area (Å²) >= 11 is 3.43. The summed E-state index contributed by atoms with van der Waals surface area (Å²) in [6, 6.07) is 12.6. The van der Waals surface area contributed by atoms with Crippen LogP contribution < -0.4 is 10.9 Å². The van der Waals surface area contributed by atoms with E-state index in [9.17, 15) is 14.0 Å². The fraction of sp³-hybridized carbons (Fsp3) is 0.263. The van der Waals surface area contributed by atoms with Crippen LogP contribution in [0.4, 0.5) is 4.39 Å². The minimum absolute atomic E-state index is 0.118. The number of hydrogen-bond donors (Lipinski definition) is 2. The van der Waals surface area contributed by atoms with Gasteiger partial charge in [0.05, 0.1) is 5.56 Å². The van der Waals surface area contributed by atoms with Crippen molar-refractivity contribution in [2.75, 3.05) is 13.1 Å². The summed E-state index contributed by atoms with van der Waals surface area (Å²) in [6.07, 6.45) is 2.05. The highest BCUT2D eigenvalue weighted by Crippen LogP contribution is 2.27. The standard InChI is InChI=1S/C19H19BrFN3O2/c20-14-7-5-6-13(12-14)17(24-10-3-4-11-24)19(26)23-22-18(25)15-8-1-2-9-16(15)21/h1-2,5-9,12,17H,3-4,10-11H2,(H,22,25)(H,23,26)/t17-/m1/s1. The highest BCUT2D eigenvalue weighted by Gasteiger charge is 2.30. The highest BCUT2D eigenvalue weighted by atomic mass is 79.9. The molecule has 136 valence electrons. The summed E-state index contributed by atoms with van der Waals surface area (Å²) in [5.74, 6) is -1.68. The van der Waals surface area contributed by atoms with E-state index in [0.717, 1.165) is 36.0 Å². The maximum atomic E-state index is 13.7. The molecular formula is C19H19BrFN3O2. The Morgan fingerprint density at radius 2 is 1.77 bits per heavy atom. The number of nitrogens with zero attached hydrogens (tertiary/aromatic N) is 1. The lowest BCUT2D eigenvalue weighted by Crippen LogP contribution is -2.47. The Labute approximate surface area is 159 Å². The van der Waals surface area contributed by atoms with Crippen molar-refractivity contribution < 1.29 is 14.0 Å². The molecular weight excluding hydrogens is 401 g/mol. The van der Waals surface area contributed by atoms with Crippen molar-refractivity contribution in [2.45, 2.75) is 18.9 Å². The number of benzene rings is 2. The number of amides is 2. The highest BCUT2D eigenvalue weighted by molar-refractivity contribution is 9.10. The third-order valence-corrected chi connectivity index (χ3v) is 4.83. The van der Waals surface area contributed by atoms with Crippen molar-refractivity contribution >= 4 is 27.7 Å². The van der Waals surface area contributed by atoms with Crippen LogP contribution in [0.2, 0.25) is 0 Å². The molecule has 1 aliphatic heterocycles. The largest absolute Gasteiger partial charge is 0.288 e. The molecule has 2 aromatic rings. The summed E-state index contributed by atoms with van der Waals surface area (Å²) < 4.78 is 14.6. The van der Waals surface area contributed by atoms with Crippen molar-refractivity contribution in [3.05, 3.63) is 69.9 Å². The van der Waals surface area contributed by atoms with Gasteiger partial charge in [0.15, 0.2) is 0 Å². The van der Waals surface area contributed by atoms with Gasteiger partial charge in [-0.05, 0) is 55.8 Å². The number of hydrazine groups is 1. The number of likely N-dealkylation sites (tertiary alicyclic amines) is 1. The Hall–Kier alpha value is -2.25. The molecule has 0 aliphatic carbocycles. The molecule has 0 unspecified atom stereocenters. The van der Waals surface area contributed by atoms with E-state index < -0.39 is 17.8 Å². The second kappa shape index (κ2) is 8.42. The summed E-state index contributed by atoms with van der Waals surface area (Å²) in [5.41, 5.74) is 5.47. The predicted molar refractivity (Wildman–Crippen MR) is 99.7 cm³/mol. The molecule has 0 radical (unpaired) electrons. The van der Waals surface area contributed by atoms with Crippen LogP contribution in [0.3, 0.4) is 0 Å². The van der Waals surface area contributed by atoms with Crippen LogP contribution in [0.5, 0.6) is 0 Å². The van der Waals surface area contributed by atoms with E-state index >= 15 is 0 Å². The van der Waals surface area contributed by atoms with Crippen LogP contribution in [0, 0.1) is 5.82 Å². The molecule has 1 saturated heterocycles. The van der Waals surface area contributed by atoms with Gasteiger partial charge in [0, 0.05) is 4.47 Å². The lowest BCUT2D eigenvalue weighted by atomic mass is 10.1. The van der Waals surface area contributed by atoms with Gasteiger partial charge in [-0.15, -0.1) is 0 Å². The third kappa shape index (κ3) is 4.28. The minimum Gasteiger partial charge on any atom is -0.288 e. The smallest absolute Gasteiger partial charge is 0.272 e. The van der Waals surface area contributed by atoms with E-state index in [1.54, 1.807) is 6.07 Å². The zero-order valence-electron chi connectivity index (χ0n) is 14.0. The van der Waals surface area contributed by atoms with Gasteiger partial charge in [-0.1, -0.05) is 40.2 Å². The normalized spacial score (nSPS) is 15.5. The maximum absolute atomic E-state index is 13.7. The van der Waals surface area contributed by atoms with Crippen LogP contribution in [0.15, 0.2) is 53.0 Å². The summed E-state index contributed by atoms with van der Waals surface area (Å²) in [6.45, 7) is 1.62. The fourth-order valence-electron chi connectivity index (χ4n) is 3.10. The van der Waals surface area contributed by atoms with Gasteiger partial charge in [0.2, 0.25) is 0 Å². The van der Waals surface area contributed by atoms with Crippen LogP contribution in [0.25, 0.3) is 0 Å². The Balaban J connectivity index is 1.73. The lowest BCUT2D eigenvalue weighted by molar-refractivity contribution is -0.127. The van der Waals surface area contributed by atoms with E-state index in [0.29, 0.717) is 0 Å². The van der Waals surface area contributed by atoms with Crippen LogP contribution in [-0.2, 0) is 4.79 Å². The summed E-state index contributed by atoms with van der Waals surface area (Å²) in [4.78, 5) is 27.0. The Kier molecular flexibility index (Phi) is 6.00. The lowest BCUT2D eigenvalue weighted by Gasteiger charge is -2.27. The second-order valence-corrected chi connectivity index (χ2v) is 7.04. The van der Waals surface area contributed by atoms with E-state index in [1.165, 1.54) is 18.2 Å². The van der Waals surface area contributed by atoms with Crippen molar-refractivity contribution in [1.82, 2.24) is 15.8 Å². The van der Waals surface area contributed by atoms with Crippen molar-refractivity contribution in [1.29, 1.82) is 0 Å². The SMILES string of the molecule is O=C(NNC(=O)[C@@H](c1cccc(Br)c1)N1CCCC1)c1ccccc1F. The van der Waals surface area contributed by atoms with E-state index in [-0.39, 0.29) is 11.5 Å². The Morgan fingerprint density at radius 3 is 2.46 bits per heavy atom. The van der Waals surface area contributed by atoms with Gasteiger partial charge in [0.1, 0.15) is 11.9 Å². The average Bonchev–Trinajstić information content (AvgIpc) is 3.14. The summed E-state index contributed by atoms with van der Waals surface area (Å²) in [5, 5.41) is 0. The molecule has 2 aromatic carbocycles. The van der Waals surface area contributed by atoms with Gasteiger partial charge < -0.3 is 0 Å². The second-order valence-electron chi connectivity index (χ2n) is 6.12. The van der Waals surface area contributed by atoms with Crippen LogP contribution in [-0.4, -0.2) is 29.8 Å². The van der Waals surface area contributed by atoms with Crippen molar-refractivity contribution in [3.63, 3.8) is 0 Å². The monoisotopic (exact) mass is 419 g/mol. The molecule has 2 amide bonds. The number of carbonyl (C=O) groups excluding carboxylic acids is 2. The first kappa shape index (κ1) is 18.5. The Bertz CT molecular complexity index is 809. The van der Waals surface area contributed by atoms with E-state index in [4.69, 9.17) is 0 Å².